The molecule has 0 unspecified atom stereocenters. The molecule has 0 spiro atoms. The van der Waals surface area contributed by atoms with Crippen LogP contribution in [0.4, 0.5) is 0 Å². The molecule has 0 heterocycles. The zero-order valence-corrected chi connectivity index (χ0v) is 6.20. The fraction of sp³-hybridized carbons (Fsp3) is 0.667. The Hall–Kier alpha value is -1.10. The average molecular weight is 162 g/mol. The van der Waals surface area contributed by atoms with Crippen molar-refractivity contribution in [2.75, 3.05) is 19.8 Å². The predicted molar refractivity (Wildman–Crippen MR) is 35.1 cm³/mol. The maximum absolute atomic E-state index is 10.5. The number of esters is 1. The second-order valence-electron chi connectivity index (χ2n) is 1.69. The van der Waals surface area contributed by atoms with Gasteiger partial charge in [0.25, 0.3) is 0 Å². The van der Waals surface area contributed by atoms with Crippen molar-refractivity contribution in [3.8, 4) is 0 Å². The molecular weight excluding hydrogens is 152 g/mol. The summed E-state index contributed by atoms with van der Waals surface area (Å²) < 4.78 is 8.90. The summed E-state index contributed by atoms with van der Waals surface area (Å²) in [5.41, 5.74) is 0. The first kappa shape index (κ1) is 9.90. The summed E-state index contributed by atoms with van der Waals surface area (Å²) >= 11 is 0. The van der Waals surface area contributed by atoms with Crippen molar-refractivity contribution in [1.29, 1.82) is 0 Å². The second kappa shape index (κ2) is 5.67. The highest BCUT2D eigenvalue weighted by Gasteiger charge is 2.04. The van der Waals surface area contributed by atoms with E-state index in [1.165, 1.54) is 0 Å². The Kier molecular flexibility index (Phi) is 5.10. The highest BCUT2D eigenvalue weighted by atomic mass is 16.6. The second-order valence-corrected chi connectivity index (χ2v) is 1.69. The van der Waals surface area contributed by atoms with Crippen molar-refractivity contribution in [2.45, 2.75) is 6.92 Å². The van der Waals surface area contributed by atoms with E-state index >= 15 is 0 Å². The third kappa shape index (κ3) is 6.79. The molecule has 0 aromatic carbocycles. The van der Waals surface area contributed by atoms with Crippen molar-refractivity contribution in [1.82, 2.24) is 0 Å². The molecule has 0 atom stereocenters. The maximum atomic E-state index is 10.5. The SMILES string of the molecule is CCOCC(=O)OCC(=O)O. The smallest absolute Gasteiger partial charge is 0.341 e. The molecule has 64 valence electrons. The first-order valence-corrected chi connectivity index (χ1v) is 3.12. The van der Waals surface area contributed by atoms with Crippen LogP contribution in [-0.2, 0) is 19.1 Å². The van der Waals surface area contributed by atoms with Crippen molar-refractivity contribution >= 4 is 11.9 Å². The fourth-order valence-electron chi connectivity index (χ4n) is 0.369. The molecule has 5 heteroatoms. The van der Waals surface area contributed by atoms with Gasteiger partial charge in [-0.1, -0.05) is 0 Å². The lowest BCUT2D eigenvalue weighted by atomic mass is 10.7. The van der Waals surface area contributed by atoms with Crippen LogP contribution in [-0.4, -0.2) is 36.9 Å². The van der Waals surface area contributed by atoms with Crippen LogP contribution < -0.4 is 0 Å². The molecule has 0 aliphatic heterocycles. The van der Waals surface area contributed by atoms with E-state index in [2.05, 4.69) is 9.47 Å². The van der Waals surface area contributed by atoms with E-state index < -0.39 is 18.5 Å². The molecule has 0 aromatic rings. The molecule has 5 nitrogen and oxygen atoms in total. The monoisotopic (exact) mass is 162 g/mol. The fourth-order valence-corrected chi connectivity index (χ4v) is 0.369. The zero-order valence-electron chi connectivity index (χ0n) is 6.20. The molecule has 0 aliphatic carbocycles. The van der Waals surface area contributed by atoms with Crippen LogP contribution in [0.15, 0.2) is 0 Å². The topological polar surface area (TPSA) is 72.8 Å². The lowest BCUT2D eigenvalue weighted by Gasteiger charge is -2.00. The number of carboxylic acid groups (broad SMARTS) is 1. The molecule has 0 aromatic heterocycles. The molecule has 0 aliphatic rings. The van der Waals surface area contributed by atoms with Gasteiger partial charge in [0.1, 0.15) is 6.61 Å². The number of ether oxygens (including phenoxy) is 2. The van der Waals surface area contributed by atoms with E-state index in [9.17, 15) is 9.59 Å². The van der Waals surface area contributed by atoms with Gasteiger partial charge in [-0.05, 0) is 6.92 Å². The Bertz CT molecular complexity index is 142. The summed E-state index contributed by atoms with van der Waals surface area (Å²) in [6.45, 7) is 1.34. The van der Waals surface area contributed by atoms with Crippen LogP contribution in [0.2, 0.25) is 0 Å². The Balaban J connectivity index is 3.30. The van der Waals surface area contributed by atoms with Crippen LogP contribution in [0.1, 0.15) is 6.92 Å². The number of hydrogen-bond acceptors (Lipinski definition) is 4. The Morgan fingerprint density at radius 3 is 2.45 bits per heavy atom. The van der Waals surface area contributed by atoms with Crippen LogP contribution in [0.25, 0.3) is 0 Å². The van der Waals surface area contributed by atoms with Crippen molar-refractivity contribution in [3.05, 3.63) is 0 Å². The normalized spacial score (nSPS) is 9.18. The summed E-state index contributed by atoms with van der Waals surface area (Å²) in [6, 6.07) is 0. The number of aliphatic carboxylic acids is 1. The number of rotatable bonds is 5. The van der Waals surface area contributed by atoms with Gasteiger partial charge < -0.3 is 14.6 Å². The molecule has 1 N–H and O–H groups in total. The summed E-state index contributed by atoms with van der Waals surface area (Å²) in [7, 11) is 0. The van der Waals surface area contributed by atoms with Gasteiger partial charge in [-0.3, -0.25) is 0 Å². The van der Waals surface area contributed by atoms with Crippen LogP contribution in [0, 0.1) is 0 Å². The minimum absolute atomic E-state index is 0.191. The molecule has 0 amide bonds. The third-order valence-electron chi connectivity index (χ3n) is 0.781. The van der Waals surface area contributed by atoms with Crippen LogP contribution in [0.3, 0.4) is 0 Å². The van der Waals surface area contributed by atoms with Gasteiger partial charge in [-0.15, -0.1) is 0 Å². The average Bonchev–Trinajstić information content (AvgIpc) is 1.97. The lowest BCUT2D eigenvalue weighted by molar-refractivity contribution is -0.158. The molecule has 0 rings (SSSR count). The van der Waals surface area contributed by atoms with Crippen LogP contribution >= 0.6 is 0 Å². The summed E-state index contributed by atoms with van der Waals surface area (Å²) in [4.78, 5) is 20.4. The largest absolute Gasteiger partial charge is 0.479 e. The number of hydrogen-bond donors (Lipinski definition) is 1. The molecule has 0 fully saturated rings. The summed E-state index contributed by atoms with van der Waals surface area (Å²) in [5.74, 6) is -1.83. The molecular formula is C6H10O5. The first-order chi connectivity index (χ1) is 5.16. The molecule has 0 radical (unpaired) electrons. The van der Waals surface area contributed by atoms with E-state index in [1.54, 1.807) is 6.92 Å². The summed E-state index contributed by atoms with van der Waals surface area (Å²) in [6.07, 6.45) is 0. The highest BCUT2D eigenvalue weighted by Crippen LogP contribution is 1.80. The first-order valence-electron chi connectivity index (χ1n) is 3.12. The van der Waals surface area contributed by atoms with E-state index in [4.69, 9.17) is 5.11 Å². The van der Waals surface area contributed by atoms with Gasteiger partial charge in [0.15, 0.2) is 6.61 Å². The van der Waals surface area contributed by atoms with Gasteiger partial charge in [0.2, 0.25) is 0 Å². The molecule has 11 heavy (non-hydrogen) atoms. The minimum atomic E-state index is -1.17. The van der Waals surface area contributed by atoms with E-state index in [0.29, 0.717) is 6.61 Å². The number of carboxylic acids is 1. The van der Waals surface area contributed by atoms with Crippen molar-refractivity contribution < 1.29 is 24.2 Å². The molecule has 0 bridgehead atoms. The Morgan fingerprint density at radius 2 is 2.00 bits per heavy atom. The van der Waals surface area contributed by atoms with Gasteiger partial charge in [0, 0.05) is 6.61 Å². The van der Waals surface area contributed by atoms with Gasteiger partial charge in [0.05, 0.1) is 0 Å². The van der Waals surface area contributed by atoms with Crippen molar-refractivity contribution in [2.24, 2.45) is 0 Å². The Labute approximate surface area is 63.9 Å². The van der Waals surface area contributed by atoms with Crippen LogP contribution in [0.5, 0.6) is 0 Å². The maximum Gasteiger partial charge on any atom is 0.341 e. The van der Waals surface area contributed by atoms with Crippen molar-refractivity contribution in [3.63, 3.8) is 0 Å². The van der Waals surface area contributed by atoms with Gasteiger partial charge >= 0.3 is 11.9 Å². The van der Waals surface area contributed by atoms with E-state index in [1.807, 2.05) is 0 Å². The number of carbonyl (C=O) groups excluding carboxylic acids is 1. The van der Waals surface area contributed by atoms with Gasteiger partial charge in [-0.2, -0.15) is 0 Å². The predicted octanol–water partition coefficient (Wildman–Crippen LogP) is -0.349. The molecule has 0 saturated carbocycles. The quantitative estimate of drug-likeness (QED) is 0.559. The number of carbonyl (C=O) groups is 2. The minimum Gasteiger partial charge on any atom is -0.479 e. The third-order valence-corrected chi connectivity index (χ3v) is 0.781. The standard InChI is InChI=1S/C6H10O5/c1-2-10-4-6(9)11-3-5(7)8/h2-4H2,1H3,(H,7,8). The highest BCUT2D eigenvalue weighted by molar-refractivity contribution is 5.75. The van der Waals surface area contributed by atoms with Gasteiger partial charge in [-0.25, -0.2) is 9.59 Å². The van der Waals surface area contributed by atoms with E-state index in [0.717, 1.165) is 0 Å². The molecule has 0 saturated heterocycles. The zero-order chi connectivity index (χ0) is 8.69. The van der Waals surface area contributed by atoms with E-state index in [-0.39, 0.29) is 6.61 Å². The lowest BCUT2D eigenvalue weighted by Crippen LogP contribution is -2.17. The Morgan fingerprint density at radius 1 is 1.36 bits per heavy atom. The summed E-state index contributed by atoms with van der Waals surface area (Å²) in [5, 5.41) is 8.07.